The van der Waals surface area contributed by atoms with Crippen LogP contribution in [0.3, 0.4) is 0 Å². The summed E-state index contributed by atoms with van der Waals surface area (Å²) in [6, 6.07) is 18.0. The van der Waals surface area contributed by atoms with E-state index in [9.17, 15) is 14.7 Å². The van der Waals surface area contributed by atoms with Crippen molar-refractivity contribution in [3.8, 4) is 43.5 Å². The third kappa shape index (κ3) is 4.78. The fourth-order valence-corrected chi connectivity index (χ4v) is 7.13. The van der Waals surface area contributed by atoms with E-state index in [0.29, 0.717) is 52.4 Å². The molecule has 0 aliphatic carbocycles. The molecule has 1 aliphatic rings. The first-order chi connectivity index (χ1) is 20.9. The topological polar surface area (TPSA) is 140 Å². The van der Waals surface area contributed by atoms with Crippen molar-refractivity contribution in [3.05, 3.63) is 88.1 Å². The molecule has 11 heteroatoms. The number of hydrogen-bond acceptors (Lipinski definition) is 8. The second-order valence-corrected chi connectivity index (χ2v) is 11.8. The fourth-order valence-electron chi connectivity index (χ4n) is 5.40. The number of carboxylic acids is 1. The zero-order valence-electron chi connectivity index (χ0n) is 22.8. The minimum Gasteiger partial charge on any atom is -0.496 e. The molecule has 5 N–H and O–H groups in total. The Morgan fingerprint density at radius 2 is 1.84 bits per heavy atom. The van der Waals surface area contributed by atoms with Gasteiger partial charge in [-0.25, -0.2) is 9.78 Å². The molecule has 0 fully saturated rings. The number of aromatic nitrogens is 2. The maximum absolute atomic E-state index is 14.0. The number of imidazole rings is 1. The second kappa shape index (κ2) is 10.6. The lowest BCUT2D eigenvalue weighted by Gasteiger charge is -2.19. The van der Waals surface area contributed by atoms with Crippen LogP contribution in [0.2, 0.25) is 0 Å². The third-order valence-electron chi connectivity index (χ3n) is 7.39. The molecule has 0 unspecified atom stereocenters. The van der Waals surface area contributed by atoms with Gasteiger partial charge in [-0.3, -0.25) is 4.79 Å². The van der Waals surface area contributed by atoms with Crippen LogP contribution < -0.4 is 20.5 Å². The number of aromatic carboxylic acids is 1. The van der Waals surface area contributed by atoms with Crippen molar-refractivity contribution >= 4 is 57.2 Å². The van der Waals surface area contributed by atoms with Gasteiger partial charge < -0.3 is 30.6 Å². The molecule has 1 amide bonds. The number of carbonyl (C=O) groups excluding carboxylic acids is 1. The van der Waals surface area contributed by atoms with Crippen molar-refractivity contribution in [2.24, 2.45) is 0 Å². The largest absolute Gasteiger partial charge is 0.496 e. The van der Waals surface area contributed by atoms with E-state index in [1.807, 2.05) is 29.0 Å². The fraction of sp³-hybridized carbons (Fsp3) is 0.0938. The second-order valence-electron chi connectivity index (χ2n) is 9.96. The number of ether oxygens (including phenoxy) is 2. The molecule has 0 atom stereocenters. The highest BCUT2D eigenvalue weighted by Crippen LogP contribution is 2.45. The number of amides is 1. The number of nitrogen functional groups attached to an aromatic ring is 1. The molecular weight excluding hydrogens is 585 g/mol. The number of H-pyrrole nitrogens is 1. The summed E-state index contributed by atoms with van der Waals surface area (Å²) >= 11 is 3.06. The van der Waals surface area contributed by atoms with Crippen LogP contribution in [-0.2, 0) is 6.42 Å². The Balaban J connectivity index is 1.42. The van der Waals surface area contributed by atoms with Gasteiger partial charge in [0.15, 0.2) is 5.95 Å². The lowest BCUT2D eigenvalue weighted by atomic mass is 9.90. The Morgan fingerprint density at radius 3 is 2.63 bits per heavy atom. The molecule has 1 aliphatic heterocycles. The standard InChI is InChI=1S/C32H24N4O5S2/c1-40-26-14-18(19-15-27-23(13-21(19)31(38)39)29-16(6-8-41-27)7-10-43-29)20(12-22(26)28-3-2-9-42-28)30(37)34-17-4-5-24-25(11-17)36-32(33)35-24/h2-5,7,9-15H,6,8H2,1H3,(H,34,37)(H,38,39)(H3,33,35,36). The summed E-state index contributed by atoms with van der Waals surface area (Å²) in [5.41, 5.74) is 11.3. The number of benzene rings is 3. The van der Waals surface area contributed by atoms with Crippen LogP contribution in [0.5, 0.6) is 11.5 Å². The normalized spacial score (nSPS) is 12.2. The Kier molecular flexibility index (Phi) is 6.60. The highest BCUT2D eigenvalue weighted by molar-refractivity contribution is 7.14. The number of carboxylic acid groups (broad SMARTS) is 1. The number of thiophene rings is 2. The van der Waals surface area contributed by atoms with Crippen molar-refractivity contribution < 1.29 is 24.2 Å². The molecule has 0 saturated heterocycles. The van der Waals surface area contributed by atoms with Crippen molar-refractivity contribution in [2.45, 2.75) is 6.42 Å². The van der Waals surface area contributed by atoms with Gasteiger partial charge in [-0.1, -0.05) is 6.07 Å². The van der Waals surface area contributed by atoms with Gasteiger partial charge in [0, 0.05) is 44.1 Å². The molecule has 0 radical (unpaired) electrons. The minimum atomic E-state index is -1.12. The van der Waals surface area contributed by atoms with Crippen LogP contribution >= 0.6 is 22.7 Å². The van der Waals surface area contributed by atoms with E-state index in [4.69, 9.17) is 15.2 Å². The first kappa shape index (κ1) is 26.7. The number of nitrogens with one attached hydrogen (secondary N) is 2. The number of anilines is 2. The number of rotatable bonds is 6. The Morgan fingerprint density at radius 1 is 1.00 bits per heavy atom. The van der Waals surface area contributed by atoms with Gasteiger partial charge in [0.1, 0.15) is 11.5 Å². The molecule has 4 heterocycles. The lowest BCUT2D eigenvalue weighted by Crippen LogP contribution is -2.14. The first-order valence-corrected chi connectivity index (χ1v) is 15.1. The smallest absolute Gasteiger partial charge is 0.336 e. The van der Waals surface area contributed by atoms with Gasteiger partial charge >= 0.3 is 5.97 Å². The monoisotopic (exact) mass is 608 g/mol. The molecule has 9 nitrogen and oxygen atoms in total. The maximum atomic E-state index is 14.0. The summed E-state index contributed by atoms with van der Waals surface area (Å²) < 4.78 is 11.9. The number of methoxy groups -OCH3 is 1. The molecule has 214 valence electrons. The summed E-state index contributed by atoms with van der Waals surface area (Å²) in [6.45, 7) is 0.455. The molecule has 43 heavy (non-hydrogen) atoms. The molecular formula is C32H24N4O5S2. The number of hydrogen-bond donors (Lipinski definition) is 4. The number of aromatic amines is 1. The van der Waals surface area contributed by atoms with Crippen LogP contribution in [-0.4, -0.2) is 40.7 Å². The average molecular weight is 609 g/mol. The van der Waals surface area contributed by atoms with E-state index in [1.165, 1.54) is 11.3 Å². The maximum Gasteiger partial charge on any atom is 0.336 e. The van der Waals surface area contributed by atoms with Gasteiger partial charge in [-0.05, 0) is 76.5 Å². The van der Waals surface area contributed by atoms with Gasteiger partial charge in [-0.2, -0.15) is 0 Å². The number of nitrogens with zero attached hydrogens (tertiary/aromatic N) is 1. The summed E-state index contributed by atoms with van der Waals surface area (Å²) in [6.07, 6.45) is 0.717. The Bertz CT molecular complexity index is 2040. The average Bonchev–Trinajstić information content (AvgIpc) is 3.75. The lowest BCUT2D eigenvalue weighted by molar-refractivity contribution is 0.0697. The van der Waals surface area contributed by atoms with E-state index in [1.54, 1.807) is 60.9 Å². The van der Waals surface area contributed by atoms with Crippen LogP contribution in [0.1, 0.15) is 26.3 Å². The quantitative estimate of drug-likeness (QED) is 0.157. The zero-order valence-corrected chi connectivity index (χ0v) is 24.4. The van der Waals surface area contributed by atoms with Crippen LogP contribution in [0.4, 0.5) is 11.6 Å². The first-order valence-electron chi connectivity index (χ1n) is 13.3. The third-order valence-corrected chi connectivity index (χ3v) is 9.28. The van der Waals surface area contributed by atoms with Gasteiger partial charge in [0.05, 0.1) is 30.3 Å². The molecule has 7 rings (SSSR count). The van der Waals surface area contributed by atoms with E-state index >= 15 is 0 Å². The van der Waals surface area contributed by atoms with Crippen LogP contribution in [0.25, 0.3) is 43.0 Å². The molecule has 0 spiro atoms. The van der Waals surface area contributed by atoms with Crippen molar-refractivity contribution in [3.63, 3.8) is 0 Å². The highest BCUT2D eigenvalue weighted by atomic mass is 32.1. The molecule has 0 saturated carbocycles. The predicted octanol–water partition coefficient (Wildman–Crippen LogP) is 7.16. The number of carbonyl (C=O) groups is 2. The summed E-state index contributed by atoms with van der Waals surface area (Å²) in [5, 5.41) is 17.3. The van der Waals surface area contributed by atoms with E-state index in [2.05, 4.69) is 15.3 Å². The predicted molar refractivity (Wildman–Crippen MR) is 170 cm³/mol. The van der Waals surface area contributed by atoms with Crippen LogP contribution in [0.15, 0.2) is 71.4 Å². The Hall–Kier alpha value is -5.13. The van der Waals surface area contributed by atoms with Gasteiger partial charge in [-0.15, -0.1) is 22.7 Å². The molecule has 6 aromatic rings. The van der Waals surface area contributed by atoms with E-state index in [-0.39, 0.29) is 17.1 Å². The summed E-state index contributed by atoms with van der Waals surface area (Å²) in [7, 11) is 1.55. The summed E-state index contributed by atoms with van der Waals surface area (Å²) in [4.78, 5) is 35.9. The number of fused-ring (bicyclic) bond motifs is 4. The molecule has 3 aromatic carbocycles. The van der Waals surface area contributed by atoms with Gasteiger partial charge in [0.2, 0.25) is 0 Å². The van der Waals surface area contributed by atoms with E-state index in [0.717, 1.165) is 26.4 Å². The van der Waals surface area contributed by atoms with Crippen molar-refractivity contribution in [1.82, 2.24) is 9.97 Å². The minimum absolute atomic E-state index is 0.0528. The van der Waals surface area contributed by atoms with Crippen molar-refractivity contribution in [1.29, 1.82) is 0 Å². The molecule has 0 bridgehead atoms. The highest BCUT2D eigenvalue weighted by Gasteiger charge is 2.27. The summed E-state index contributed by atoms with van der Waals surface area (Å²) in [5.74, 6) is -0.191. The van der Waals surface area contributed by atoms with E-state index < -0.39 is 11.9 Å². The van der Waals surface area contributed by atoms with Crippen LogP contribution in [0, 0.1) is 0 Å². The number of nitrogens with two attached hydrogens (primary N) is 1. The zero-order chi connectivity index (χ0) is 29.7. The molecule has 3 aromatic heterocycles. The Labute approximate surface area is 253 Å². The SMILES string of the molecule is COc1cc(-c2cc3c(cc2C(=O)O)-c2sccc2CCO3)c(C(=O)Nc2ccc3[nH]c(N)nc3c2)cc1-c1cccs1. The van der Waals surface area contributed by atoms with Gasteiger partial charge in [0.25, 0.3) is 5.91 Å². The van der Waals surface area contributed by atoms with Crippen molar-refractivity contribution in [2.75, 3.05) is 24.8 Å².